The van der Waals surface area contributed by atoms with Crippen LogP contribution in [0.15, 0.2) is 41.7 Å². The van der Waals surface area contributed by atoms with Gasteiger partial charge in [0.25, 0.3) is 0 Å². The fourth-order valence-corrected chi connectivity index (χ4v) is 5.79. The number of likely N-dealkylation sites (N-methyl/N-ethyl adjacent to an activating group) is 1. The molecule has 1 aromatic carbocycles. The Morgan fingerprint density at radius 2 is 2.00 bits per heavy atom. The van der Waals surface area contributed by atoms with Crippen LogP contribution in [-0.2, 0) is 34.1 Å². The molecule has 0 bridgehead atoms. The molecule has 2 aliphatic rings. The molecule has 1 atom stereocenters. The van der Waals surface area contributed by atoms with Crippen molar-refractivity contribution in [3.05, 3.63) is 47.8 Å². The number of benzene rings is 1. The van der Waals surface area contributed by atoms with Crippen LogP contribution in [0.1, 0.15) is 36.9 Å². The van der Waals surface area contributed by atoms with Crippen LogP contribution in [0.2, 0.25) is 0 Å². The summed E-state index contributed by atoms with van der Waals surface area (Å²) in [4.78, 5) is 6.60. The van der Waals surface area contributed by atoms with Crippen LogP contribution in [0, 0.1) is 5.92 Å². The van der Waals surface area contributed by atoms with Crippen molar-refractivity contribution < 1.29 is 13.2 Å². The monoisotopic (exact) mass is 417 g/mol. The van der Waals surface area contributed by atoms with Crippen molar-refractivity contribution in [2.24, 2.45) is 5.92 Å². The number of hydrogen-bond acceptors (Lipinski definition) is 5. The predicted molar refractivity (Wildman–Crippen MR) is 112 cm³/mol. The van der Waals surface area contributed by atoms with Crippen molar-refractivity contribution in [2.45, 2.75) is 56.5 Å². The Bertz CT molecular complexity index is 901. The molecule has 2 heterocycles. The van der Waals surface area contributed by atoms with E-state index in [1.54, 1.807) is 6.20 Å². The fourth-order valence-electron chi connectivity index (χ4n) is 3.94. The van der Waals surface area contributed by atoms with Crippen LogP contribution in [-0.4, -0.2) is 54.9 Å². The van der Waals surface area contributed by atoms with E-state index in [4.69, 9.17) is 4.74 Å². The van der Waals surface area contributed by atoms with Gasteiger partial charge in [-0.05, 0) is 50.6 Å². The van der Waals surface area contributed by atoms with Crippen molar-refractivity contribution in [3.8, 4) is 0 Å². The fraction of sp³-hybridized carbons (Fsp3) is 0.591. The summed E-state index contributed by atoms with van der Waals surface area (Å²) in [7, 11) is -1.29. The third-order valence-electron chi connectivity index (χ3n) is 5.80. The molecule has 1 aliphatic carbocycles. The summed E-state index contributed by atoms with van der Waals surface area (Å²) in [6.07, 6.45) is 6.83. The molecule has 1 aromatic heterocycles. The van der Waals surface area contributed by atoms with Crippen molar-refractivity contribution in [1.82, 2.24) is 14.5 Å². The first-order chi connectivity index (χ1) is 14.0. The minimum atomic E-state index is -3.36. The molecule has 1 unspecified atom stereocenters. The maximum Gasteiger partial charge on any atom is 0.227 e. The number of imidazole rings is 1. The van der Waals surface area contributed by atoms with Crippen LogP contribution < -0.4 is 0 Å². The van der Waals surface area contributed by atoms with Gasteiger partial charge in [0.05, 0.1) is 30.3 Å². The third-order valence-corrected chi connectivity index (χ3v) is 7.59. The predicted octanol–water partition coefficient (Wildman–Crippen LogP) is 2.92. The highest BCUT2D eigenvalue weighted by Gasteiger charge is 2.33. The lowest BCUT2D eigenvalue weighted by Gasteiger charge is -2.20. The first-order valence-electron chi connectivity index (χ1n) is 10.6. The standard InChI is InChI=1S/C22H31N3O3S/c1-24(12-11-18-6-3-2-4-7-18)15-20-14-23-22(29(26,27)17-19-9-10-19)25(20)16-21-8-5-13-28-21/h2-4,6-7,14,19,21H,5,8-13,15-17H2,1H3. The topological polar surface area (TPSA) is 64.4 Å². The van der Waals surface area contributed by atoms with Crippen molar-refractivity contribution in [1.29, 1.82) is 0 Å². The third kappa shape index (κ3) is 5.47. The molecule has 2 aromatic rings. The zero-order chi connectivity index (χ0) is 20.3. The first kappa shape index (κ1) is 20.6. The highest BCUT2D eigenvalue weighted by atomic mass is 32.2. The van der Waals surface area contributed by atoms with Gasteiger partial charge in [0.2, 0.25) is 15.0 Å². The van der Waals surface area contributed by atoms with Crippen molar-refractivity contribution >= 4 is 9.84 Å². The molecule has 1 saturated heterocycles. The molecular formula is C22H31N3O3S. The van der Waals surface area contributed by atoms with Gasteiger partial charge in [-0.1, -0.05) is 30.3 Å². The second-order valence-electron chi connectivity index (χ2n) is 8.48. The molecule has 4 rings (SSSR count). The molecule has 2 fully saturated rings. The van der Waals surface area contributed by atoms with Gasteiger partial charge < -0.3 is 14.2 Å². The normalized spacial score (nSPS) is 19.9. The summed E-state index contributed by atoms with van der Waals surface area (Å²) in [5.74, 6) is 0.531. The van der Waals surface area contributed by atoms with Crippen molar-refractivity contribution in [2.75, 3.05) is 26.0 Å². The number of sulfone groups is 1. The van der Waals surface area contributed by atoms with E-state index in [2.05, 4.69) is 41.2 Å². The van der Waals surface area contributed by atoms with Gasteiger partial charge in [0.1, 0.15) is 0 Å². The van der Waals surface area contributed by atoms with Crippen LogP contribution in [0.4, 0.5) is 0 Å². The minimum absolute atomic E-state index is 0.0763. The van der Waals surface area contributed by atoms with Crippen LogP contribution in [0.25, 0.3) is 0 Å². The highest BCUT2D eigenvalue weighted by molar-refractivity contribution is 7.91. The minimum Gasteiger partial charge on any atom is -0.376 e. The Hall–Kier alpha value is -1.70. The number of nitrogens with zero attached hydrogens (tertiary/aromatic N) is 3. The van der Waals surface area contributed by atoms with Gasteiger partial charge in [0, 0.05) is 19.7 Å². The van der Waals surface area contributed by atoms with Crippen LogP contribution in [0.3, 0.4) is 0 Å². The van der Waals surface area contributed by atoms with E-state index in [0.717, 1.165) is 50.9 Å². The van der Waals surface area contributed by atoms with E-state index in [1.807, 2.05) is 10.6 Å². The van der Waals surface area contributed by atoms with E-state index in [9.17, 15) is 8.42 Å². The van der Waals surface area contributed by atoms with E-state index in [-0.39, 0.29) is 17.0 Å². The van der Waals surface area contributed by atoms with E-state index in [1.165, 1.54) is 5.56 Å². The smallest absolute Gasteiger partial charge is 0.227 e. The Morgan fingerprint density at radius 1 is 1.21 bits per heavy atom. The number of rotatable bonds is 10. The molecule has 0 radical (unpaired) electrons. The van der Waals surface area contributed by atoms with Gasteiger partial charge in [0.15, 0.2) is 0 Å². The molecule has 29 heavy (non-hydrogen) atoms. The molecule has 158 valence electrons. The molecule has 0 amide bonds. The SMILES string of the molecule is CN(CCc1ccccc1)Cc1cnc(S(=O)(=O)CC2CC2)n1CC1CCCO1. The van der Waals surface area contributed by atoms with Gasteiger partial charge in [-0.2, -0.15) is 0 Å². The lowest BCUT2D eigenvalue weighted by molar-refractivity contribution is 0.0934. The van der Waals surface area contributed by atoms with Crippen LogP contribution in [0.5, 0.6) is 0 Å². The summed E-state index contributed by atoms with van der Waals surface area (Å²) in [6.45, 7) is 2.90. The Labute approximate surface area is 173 Å². The van der Waals surface area contributed by atoms with Gasteiger partial charge in [-0.15, -0.1) is 0 Å². The number of hydrogen-bond donors (Lipinski definition) is 0. The second kappa shape index (κ2) is 8.98. The quantitative estimate of drug-likeness (QED) is 0.595. The Kier molecular flexibility index (Phi) is 6.37. The van der Waals surface area contributed by atoms with E-state index >= 15 is 0 Å². The van der Waals surface area contributed by atoms with Gasteiger partial charge >= 0.3 is 0 Å². The maximum atomic E-state index is 12.9. The molecular weight excluding hydrogens is 386 g/mol. The summed E-state index contributed by atoms with van der Waals surface area (Å²) in [6, 6.07) is 10.4. The lowest BCUT2D eigenvalue weighted by atomic mass is 10.1. The summed E-state index contributed by atoms with van der Waals surface area (Å²) < 4.78 is 33.6. The molecule has 1 aliphatic heterocycles. The summed E-state index contributed by atoms with van der Waals surface area (Å²) >= 11 is 0. The summed E-state index contributed by atoms with van der Waals surface area (Å²) in [5, 5.41) is 0.228. The Morgan fingerprint density at radius 3 is 2.69 bits per heavy atom. The average Bonchev–Trinajstić information content (AvgIpc) is 3.18. The average molecular weight is 418 g/mol. The van der Waals surface area contributed by atoms with Crippen molar-refractivity contribution in [3.63, 3.8) is 0 Å². The summed E-state index contributed by atoms with van der Waals surface area (Å²) in [5.41, 5.74) is 2.25. The van der Waals surface area contributed by atoms with E-state index in [0.29, 0.717) is 19.0 Å². The molecule has 7 heteroatoms. The van der Waals surface area contributed by atoms with E-state index < -0.39 is 9.84 Å². The zero-order valence-electron chi connectivity index (χ0n) is 17.2. The Balaban J connectivity index is 1.48. The molecule has 0 N–H and O–H groups in total. The molecule has 6 nitrogen and oxygen atoms in total. The second-order valence-corrected chi connectivity index (χ2v) is 10.4. The lowest BCUT2D eigenvalue weighted by Crippen LogP contribution is -2.26. The largest absolute Gasteiger partial charge is 0.376 e. The zero-order valence-corrected chi connectivity index (χ0v) is 18.0. The molecule has 1 saturated carbocycles. The number of ether oxygens (including phenoxy) is 1. The van der Waals surface area contributed by atoms with Crippen LogP contribution >= 0.6 is 0 Å². The molecule has 0 spiro atoms. The highest BCUT2D eigenvalue weighted by Crippen LogP contribution is 2.32. The first-order valence-corrected chi connectivity index (χ1v) is 12.3. The maximum absolute atomic E-state index is 12.9. The number of aromatic nitrogens is 2. The van der Waals surface area contributed by atoms with Gasteiger partial charge in [-0.3, -0.25) is 0 Å². The van der Waals surface area contributed by atoms with Gasteiger partial charge in [-0.25, -0.2) is 13.4 Å².